The number of primary amides is 1. The Balaban J connectivity index is 2.14. The molecule has 1 aromatic carbocycles. The van der Waals surface area contributed by atoms with Gasteiger partial charge in [0.1, 0.15) is 0 Å². The van der Waals surface area contributed by atoms with Crippen LogP contribution in [0, 0.1) is 0 Å². The molecule has 0 atom stereocenters. The van der Waals surface area contributed by atoms with E-state index >= 15 is 0 Å². The summed E-state index contributed by atoms with van der Waals surface area (Å²) in [5.41, 5.74) is 5.42. The summed E-state index contributed by atoms with van der Waals surface area (Å²) in [5.74, 6) is -1.19. The van der Waals surface area contributed by atoms with Crippen molar-refractivity contribution in [3.63, 3.8) is 0 Å². The van der Waals surface area contributed by atoms with Crippen LogP contribution >= 0.6 is 0 Å². The van der Waals surface area contributed by atoms with Crippen molar-refractivity contribution in [1.82, 2.24) is 14.8 Å². The summed E-state index contributed by atoms with van der Waals surface area (Å²) in [5, 5.41) is 6.24. The summed E-state index contributed by atoms with van der Waals surface area (Å²) < 4.78 is 1.02. The molecule has 1 aromatic heterocycles. The van der Waals surface area contributed by atoms with Crippen LogP contribution in [-0.2, 0) is 7.05 Å². The number of aromatic amines is 1. The lowest BCUT2D eigenvalue weighted by Crippen LogP contribution is -2.15. The van der Waals surface area contributed by atoms with Gasteiger partial charge < -0.3 is 11.1 Å². The third-order valence-electron chi connectivity index (χ3n) is 2.41. The number of carbonyl (C=O) groups excluding carboxylic acids is 2. The fourth-order valence-electron chi connectivity index (χ4n) is 1.41. The Bertz CT molecular complexity index is 683. The van der Waals surface area contributed by atoms with Gasteiger partial charge in [-0.3, -0.25) is 14.6 Å². The average molecular weight is 261 g/mol. The molecule has 1 heterocycles. The number of nitrogens with one attached hydrogen (secondary N) is 2. The van der Waals surface area contributed by atoms with Crippen molar-refractivity contribution in [3.8, 4) is 0 Å². The number of amides is 2. The van der Waals surface area contributed by atoms with Crippen LogP contribution in [0.25, 0.3) is 0 Å². The quantitative estimate of drug-likeness (QED) is 0.686. The highest BCUT2D eigenvalue weighted by Gasteiger charge is 2.12. The molecule has 0 aliphatic carbocycles. The van der Waals surface area contributed by atoms with Gasteiger partial charge >= 0.3 is 5.69 Å². The normalized spacial score (nSPS) is 10.2. The van der Waals surface area contributed by atoms with Crippen molar-refractivity contribution in [3.05, 3.63) is 46.1 Å². The van der Waals surface area contributed by atoms with E-state index in [9.17, 15) is 14.4 Å². The summed E-state index contributed by atoms with van der Waals surface area (Å²) in [6.07, 6.45) is 0. The van der Waals surface area contributed by atoms with Crippen molar-refractivity contribution >= 4 is 17.5 Å². The monoisotopic (exact) mass is 261 g/mol. The molecular weight excluding hydrogens is 250 g/mol. The van der Waals surface area contributed by atoms with Crippen molar-refractivity contribution < 1.29 is 9.59 Å². The molecule has 0 saturated carbocycles. The molecule has 0 radical (unpaired) electrons. The Hall–Kier alpha value is -2.90. The van der Waals surface area contributed by atoms with Crippen molar-refractivity contribution in [2.24, 2.45) is 12.8 Å². The summed E-state index contributed by atoms with van der Waals surface area (Å²) in [4.78, 5) is 36.1. The maximum absolute atomic E-state index is 11.7. The highest BCUT2D eigenvalue weighted by atomic mass is 16.2. The predicted molar refractivity (Wildman–Crippen MR) is 66.7 cm³/mol. The predicted octanol–water partition coefficient (Wildman–Crippen LogP) is -0.540. The number of hydrogen-bond acceptors (Lipinski definition) is 4. The number of aromatic nitrogens is 3. The molecule has 0 spiro atoms. The van der Waals surface area contributed by atoms with Gasteiger partial charge in [0.05, 0.1) is 0 Å². The molecule has 0 saturated heterocycles. The molecule has 98 valence electrons. The first-order valence-corrected chi connectivity index (χ1v) is 5.32. The standard InChI is InChI=1S/C11H11N5O3/c1-16-11(19)14-9(15-16)10(18)13-7-4-2-6(3-5-7)8(12)17/h2-5H,1H3,(H2,12,17)(H,13,18)(H,14,15,19). The van der Waals surface area contributed by atoms with Crippen molar-refractivity contribution in [2.75, 3.05) is 5.32 Å². The Morgan fingerprint density at radius 2 is 1.95 bits per heavy atom. The number of hydrogen-bond donors (Lipinski definition) is 3. The molecule has 2 rings (SSSR count). The average Bonchev–Trinajstić information content (AvgIpc) is 2.70. The lowest BCUT2D eigenvalue weighted by Gasteiger charge is -2.03. The lowest BCUT2D eigenvalue weighted by molar-refractivity contribution is 0.0997. The van der Waals surface area contributed by atoms with Gasteiger partial charge in [0.25, 0.3) is 5.91 Å². The van der Waals surface area contributed by atoms with Gasteiger partial charge in [-0.25, -0.2) is 9.48 Å². The van der Waals surface area contributed by atoms with E-state index in [-0.39, 0.29) is 5.82 Å². The fourth-order valence-corrected chi connectivity index (χ4v) is 1.41. The molecule has 0 aliphatic rings. The molecule has 19 heavy (non-hydrogen) atoms. The van der Waals surface area contributed by atoms with Crippen LogP contribution in [0.3, 0.4) is 0 Å². The van der Waals surface area contributed by atoms with Crippen molar-refractivity contribution in [1.29, 1.82) is 0 Å². The zero-order valence-corrected chi connectivity index (χ0v) is 10.0. The van der Waals surface area contributed by atoms with Gasteiger partial charge in [0.15, 0.2) is 0 Å². The largest absolute Gasteiger partial charge is 0.366 e. The molecule has 0 unspecified atom stereocenters. The molecule has 4 N–H and O–H groups in total. The smallest absolute Gasteiger partial charge is 0.343 e. The van der Waals surface area contributed by atoms with Gasteiger partial charge in [-0.2, -0.15) is 0 Å². The van der Waals surface area contributed by atoms with Crippen LogP contribution in [0.4, 0.5) is 5.69 Å². The Morgan fingerprint density at radius 3 is 2.42 bits per heavy atom. The highest BCUT2D eigenvalue weighted by molar-refractivity contribution is 6.01. The molecule has 0 bridgehead atoms. The van der Waals surface area contributed by atoms with Crippen LogP contribution < -0.4 is 16.7 Å². The number of benzene rings is 1. The third kappa shape index (κ3) is 2.68. The van der Waals surface area contributed by atoms with Crippen LogP contribution in [0.2, 0.25) is 0 Å². The minimum absolute atomic E-state index is 0.0912. The first kappa shape index (κ1) is 12.6. The molecule has 8 nitrogen and oxygen atoms in total. The maximum Gasteiger partial charge on any atom is 0.343 e. The SMILES string of the molecule is Cn1nc(C(=O)Nc2ccc(C(N)=O)cc2)[nH]c1=O. The summed E-state index contributed by atoms with van der Waals surface area (Å²) in [7, 11) is 1.43. The Labute approximate surface area is 107 Å². The number of H-pyrrole nitrogens is 1. The van der Waals surface area contributed by atoms with Crippen LogP contribution in [0.1, 0.15) is 21.0 Å². The van der Waals surface area contributed by atoms with Crippen LogP contribution in [0.15, 0.2) is 29.1 Å². The summed E-state index contributed by atoms with van der Waals surface area (Å²) >= 11 is 0. The number of anilines is 1. The van der Waals surface area contributed by atoms with E-state index in [2.05, 4.69) is 15.4 Å². The number of rotatable bonds is 3. The molecule has 8 heteroatoms. The van der Waals surface area contributed by atoms with E-state index in [0.717, 1.165) is 4.68 Å². The summed E-state index contributed by atoms with van der Waals surface area (Å²) in [6.45, 7) is 0. The van der Waals surface area contributed by atoms with Gasteiger partial charge in [-0.15, -0.1) is 5.10 Å². The fraction of sp³-hybridized carbons (Fsp3) is 0.0909. The lowest BCUT2D eigenvalue weighted by atomic mass is 10.2. The van der Waals surface area contributed by atoms with Gasteiger partial charge in [-0.1, -0.05) is 0 Å². The Morgan fingerprint density at radius 1 is 1.32 bits per heavy atom. The van der Waals surface area contributed by atoms with Gasteiger partial charge in [0.2, 0.25) is 11.7 Å². The van der Waals surface area contributed by atoms with Crippen molar-refractivity contribution in [2.45, 2.75) is 0 Å². The zero-order valence-electron chi connectivity index (χ0n) is 10.0. The minimum Gasteiger partial charge on any atom is -0.366 e. The van der Waals surface area contributed by atoms with Gasteiger partial charge in [0, 0.05) is 18.3 Å². The molecule has 2 amide bonds. The van der Waals surface area contributed by atoms with E-state index in [1.165, 1.54) is 31.3 Å². The van der Waals surface area contributed by atoms with E-state index in [1.807, 2.05) is 0 Å². The van der Waals surface area contributed by atoms with Gasteiger partial charge in [-0.05, 0) is 24.3 Å². The van der Waals surface area contributed by atoms with E-state index in [1.54, 1.807) is 0 Å². The second-order valence-electron chi connectivity index (χ2n) is 3.80. The zero-order chi connectivity index (χ0) is 14.0. The summed E-state index contributed by atoms with van der Waals surface area (Å²) in [6, 6.07) is 6.02. The minimum atomic E-state index is -0.551. The first-order chi connectivity index (χ1) is 8.97. The number of aryl methyl sites for hydroxylation is 1. The number of nitrogens with two attached hydrogens (primary N) is 1. The Kier molecular flexibility index (Phi) is 3.15. The molecule has 0 aliphatic heterocycles. The number of carbonyl (C=O) groups is 2. The van der Waals surface area contributed by atoms with E-state index < -0.39 is 17.5 Å². The third-order valence-corrected chi connectivity index (χ3v) is 2.41. The molecule has 0 fully saturated rings. The van der Waals surface area contributed by atoms with E-state index in [4.69, 9.17) is 5.73 Å². The highest BCUT2D eigenvalue weighted by Crippen LogP contribution is 2.09. The first-order valence-electron chi connectivity index (χ1n) is 5.32. The second-order valence-corrected chi connectivity index (χ2v) is 3.80. The number of nitrogens with zero attached hydrogens (tertiary/aromatic N) is 2. The second kappa shape index (κ2) is 4.77. The maximum atomic E-state index is 11.7. The van der Waals surface area contributed by atoms with Crippen LogP contribution in [-0.4, -0.2) is 26.6 Å². The molecule has 2 aromatic rings. The van der Waals surface area contributed by atoms with Crippen LogP contribution in [0.5, 0.6) is 0 Å². The molecular formula is C11H11N5O3. The topological polar surface area (TPSA) is 123 Å². The van der Waals surface area contributed by atoms with E-state index in [0.29, 0.717) is 11.3 Å².